The zero-order chi connectivity index (χ0) is 18.7. The number of allylic oxidation sites excluding steroid dienone is 3. The molecule has 2 N–H and O–H groups in total. The molecular weight excluding hydrogens is 328 g/mol. The Morgan fingerprint density at radius 2 is 1.88 bits per heavy atom. The van der Waals surface area contributed by atoms with Crippen molar-refractivity contribution in [3.05, 3.63) is 77.3 Å². The maximum atomic E-state index is 13.1. The Morgan fingerprint density at radius 3 is 2.50 bits per heavy atom. The van der Waals surface area contributed by atoms with Gasteiger partial charge >= 0.3 is 0 Å². The Kier molecular flexibility index (Phi) is 5.07. The molecule has 1 aliphatic rings. The van der Waals surface area contributed by atoms with Crippen LogP contribution in [0.5, 0.6) is 0 Å². The molecule has 0 aliphatic heterocycles. The maximum Gasteiger partial charge on any atom is 0.267 e. The van der Waals surface area contributed by atoms with Crippen molar-refractivity contribution < 1.29 is 14.3 Å². The molecule has 1 aromatic carbocycles. The second-order valence-corrected chi connectivity index (χ2v) is 6.36. The molecule has 1 aliphatic carbocycles. The molecule has 1 fully saturated rings. The van der Waals surface area contributed by atoms with Gasteiger partial charge in [-0.3, -0.25) is 9.59 Å². The number of hydrogen-bond acceptors (Lipinski definition) is 3. The Balaban J connectivity index is 1.88. The van der Waals surface area contributed by atoms with Crippen molar-refractivity contribution in [2.45, 2.75) is 25.8 Å². The number of methoxy groups -OCH3 is 1. The van der Waals surface area contributed by atoms with E-state index in [4.69, 9.17) is 4.74 Å². The second kappa shape index (κ2) is 7.44. The van der Waals surface area contributed by atoms with E-state index in [1.807, 2.05) is 30.3 Å². The fraction of sp³-hybridized carbons (Fsp3) is 0.238. The van der Waals surface area contributed by atoms with Crippen LogP contribution in [0.4, 0.5) is 0 Å². The molecular formula is C21H22N2O3. The number of H-pyrrole nitrogens is 1. The number of benzene rings is 1. The maximum absolute atomic E-state index is 13.1. The summed E-state index contributed by atoms with van der Waals surface area (Å²) < 4.78 is 5.32. The molecule has 134 valence electrons. The highest BCUT2D eigenvalue weighted by Gasteiger charge is 2.26. The van der Waals surface area contributed by atoms with E-state index >= 15 is 0 Å². The van der Waals surface area contributed by atoms with Gasteiger partial charge in [-0.15, -0.1) is 0 Å². The van der Waals surface area contributed by atoms with Crippen LogP contribution in [-0.2, 0) is 4.74 Å². The van der Waals surface area contributed by atoms with Crippen LogP contribution < -0.4 is 5.32 Å². The van der Waals surface area contributed by atoms with Gasteiger partial charge in [-0.1, -0.05) is 36.9 Å². The molecule has 26 heavy (non-hydrogen) atoms. The lowest BCUT2D eigenvalue weighted by Crippen LogP contribution is -2.25. The highest BCUT2D eigenvalue weighted by Crippen LogP contribution is 2.28. The van der Waals surface area contributed by atoms with Crippen LogP contribution in [0, 0.1) is 0 Å². The van der Waals surface area contributed by atoms with E-state index in [0.29, 0.717) is 28.2 Å². The predicted molar refractivity (Wildman–Crippen MR) is 101 cm³/mol. The van der Waals surface area contributed by atoms with E-state index < -0.39 is 0 Å². The third-order valence-corrected chi connectivity index (χ3v) is 4.41. The van der Waals surface area contributed by atoms with Crippen LogP contribution in [0.2, 0.25) is 0 Å². The van der Waals surface area contributed by atoms with E-state index in [0.717, 1.165) is 18.4 Å². The molecule has 3 rings (SSSR count). The number of hydrogen-bond donors (Lipinski definition) is 2. The molecule has 0 bridgehead atoms. The standard InChI is InChI=1S/C21H22N2O3/c1-13(15-7-5-4-6-8-15)19(14(2)26-3)20(24)16-11-18(22-12-16)21(25)23-17-9-10-17/h4-8,11-12,17,22H,1,9-10H2,2-3H3,(H,23,25)/b19-14+. The number of carbonyl (C=O) groups excluding carboxylic acids is 2. The average molecular weight is 350 g/mol. The summed E-state index contributed by atoms with van der Waals surface area (Å²) in [7, 11) is 1.52. The molecule has 1 saturated carbocycles. The number of ether oxygens (including phenoxy) is 1. The first kappa shape index (κ1) is 17.7. The van der Waals surface area contributed by atoms with Crippen LogP contribution in [0.3, 0.4) is 0 Å². The highest BCUT2D eigenvalue weighted by molar-refractivity contribution is 6.19. The van der Waals surface area contributed by atoms with Gasteiger partial charge in [0.2, 0.25) is 0 Å². The van der Waals surface area contributed by atoms with Gasteiger partial charge in [0.25, 0.3) is 5.91 Å². The Bertz CT molecular complexity index is 874. The predicted octanol–water partition coefficient (Wildman–Crippen LogP) is 3.72. The van der Waals surface area contributed by atoms with E-state index in [1.165, 1.54) is 7.11 Å². The van der Waals surface area contributed by atoms with Crippen molar-refractivity contribution in [3.8, 4) is 0 Å². The molecule has 0 saturated heterocycles. The number of nitrogens with one attached hydrogen (secondary N) is 2. The Morgan fingerprint density at radius 1 is 1.19 bits per heavy atom. The summed E-state index contributed by atoms with van der Waals surface area (Å²) in [6, 6.07) is 11.3. The van der Waals surface area contributed by atoms with Gasteiger partial charge in [-0.2, -0.15) is 0 Å². The third-order valence-electron chi connectivity index (χ3n) is 4.41. The first-order chi connectivity index (χ1) is 12.5. The lowest BCUT2D eigenvalue weighted by atomic mass is 9.93. The summed E-state index contributed by atoms with van der Waals surface area (Å²) in [6.07, 6.45) is 3.56. The number of rotatable bonds is 7. The summed E-state index contributed by atoms with van der Waals surface area (Å²) >= 11 is 0. The van der Waals surface area contributed by atoms with Crippen LogP contribution >= 0.6 is 0 Å². The van der Waals surface area contributed by atoms with E-state index in [9.17, 15) is 9.59 Å². The zero-order valence-corrected chi connectivity index (χ0v) is 15.0. The quantitative estimate of drug-likeness (QED) is 0.346. The number of amides is 1. The van der Waals surface area contributed by atoms with E-state index in [1.54, 1.807) is 19.2 Å². The van der Waals surface area contributed by atoms with Gasteiger partial charge < -0.3 is 15.0 Å². The van der Waals surface area contributed by atoms with Crippen LogP contribution in [0.15, 0.2) is 60.5 Å². The number of aromatic nitrogens is 1. The summed E-state index contributed by atoms with van der Waals surface area (Å²) in [5.74, 6) is 0.0522. The minimum absolute atomic E-state index is 0.192. The van der Waals surface area contributed by atoms with Crippen molar-refractivity contribution in [3.63, 3.8) is 0 Å². The minimum atomic E-state index is -0.236. The molecule has 0 spiro atoms. The SMILES string of the molecule is C=C(/C(C(=O)c1c[nH]c(C(=O)NC2CC2)c1)=C(/C)OC)c1ccccc1. The highest BCUT2D eigenvalue weighted by atomic mass is 16.5. The van der Waals surface area contributed by atoms with E-state index in [2.05, 4.69) is 16.9 Å². The summed E-state index contributed by atoms with van der Waals surface area (Å²) in [5, 5.41) is 2.90. The Labute approximate surface area is 152 Å². The van der Waals surface area contributed by atoms with Crippen molar-refractivity contribution in [1.29, 1.82) is 0 Å². The Hall–Kier alpha value is -3.08. The molecule has 5 heteroatoms. The molecule has 0 unspecified atom stereocenters. The second-order valence-electron chi connectivity index (χ2n) is 6.36. The van der Waals surface area contributed by atoms with Crippen molar-refractivity contribution in [2.24, 2.45) is 0 Å². The third kappa shape index (κ3) is 3.77. The smallest absolute Gasteiger partial charge is 0.267 e. The fourth-order valence-corrected chi connectivity index (χ4v) is 2.69. The van der Waals surface area contributed by atoms with Gasteiger partial charge in [0.05, 0.1) is 12.7 Å². The summed E-state index contributed by atoms with van der Waals surface area (Å²) in [4.78, 5) is 28.1. The normalized spacial score (nSPS) is 14.4. The topological polar surface area (TPSA) is 71.2 Å². The number of carbonyl (C=O) groups is 2. The van der Waals surface area contributed by atoms with Crippen molar-refractivity contribution in [2.75, 3.05) is 7.11 Å². The number of Topliss-reactive ketones (excluding diaryl/α,β-unsaturated/α-hetero) is 1. The average Bonchev–Trinajstić information content (AvgIpc) is 3.33. The molecule has 5 nitrogen and oxygen atoms in total. The largest absolute Gasteiger partial charge is 0.501 e. The molecule has 0 radical (unpaired) electrons. The van der Waals surface area contributed by atoms with Crippen molar-refractivity contribution >= 4 is 17.3 Å². The number of ketones is 1. The lowest BCUT2D eigenvalue weighted by Gasteiger charge is -2.13. The first-order valence-corrected chi connectivity index (χ1v) is 8.54. The van der Waals surface area contributed by atoms with Crippen LogP contribution in [-0.4, -0.2) is 29.8 Å². The van der Waals surface area contributed by atoms with Gasteiger partial charge in [0, 0.05) is 17.8 Å². The van der Waals surface area contributed by atoms with Gasteiger partial charge in [0.1, 0.15) is 11.5 Å². The van der Waals surface area contributed by atoms with Gasteiger partial charge in [-0.05, 0) is 37.0 Å². The fourth-order valence-electron chi connectivity index (χ4n) is 2.69. The zero-order valence-electron chi connectivity index (χ0n) is 15.0. The monoisotopic (exact) mass is 350 g/mol. The molecule has 1 amide bonds. The van der Waals surface area contributed by atoms with Crippen LogP contribution in [0.1, 0.15) is 46.2 Å². The molecule has 1 aromatic heterocycles. The molecule has 0 atom stereocenters. The summed E-state index contributed by atoms with van der Waals surface area (Å²) in [5.41, 5.74) is 2.59. The van der Waals surface area contributed by atoms with Crippen LogP contribution in [0.25, 0.3) is 5.57 Å². The molecule has 1 heterocycles. The minimum Gasteiger partial charge on any atom is -0.501 e. The first-order valence-electron chi connectivity index (χ1n) is 8.54. The van der Waals surface area contributed by atoms with Crippen molar-refractivity contribution in [1.82, 2.24) is 10.3 Å². The molecule has 2 aromatic rings. The number of aromatic amines is 1. The summed E-state index contributed by atoms with van der Waals surface area (Å²) in [6.45, 7) is 5.81. The van der Waals surface area contributed by atoms with Gasteiger partial charge in [-0.25, -0.2) is 0 Å². The van der Waals surface area contributed by atoms with Gasteiger partial charge in [0.15, 0.2) is 5.78 Å². The lowest BCUT2D eigenvalue weighted by molar-refractivity contribution is 0.0946. The van der Waals surface area contributed by atoms with E-state index in [-0.39, 0.29) is 17.7 Å².